The minimum Gasteiger partial charge on any atom is -0.368 e. The summed E-state index contributed by atoms with van der Waals surface area (Å²) < 4.78 is 0. The zero-order valence-electron chi connectivity index (χ0n) is 28.8. The van der Waals surface area contributed by atoms with Crippen LogP contribution in [0.5, 0.6) is 0 Å². The molecule has 0 saturated carbocycles. The number of carbonyl (C=O) groups excluding carboxylic acids is 9. The van der Waals surface area contributed by atoms with Crippen LogP contribution in [0.3, 0.4) is 0 Å². The van der Waals surface area contributed by atoms with E-state index < -0.39 is 108 Å². The fraction of sp³-hybridized carbons (Fsp3) is 0.700. The minimum atomic E-state index is -1.11. The SMILES string of the molecule is C[C@H](NC(=O)CNC(=O)[C@@H]1CCCN1C(=O)[C@H](C)NC(=O)[C@H](C)NC(=O)[C@H](C)NC(=O)[C@@H]1CCCN1C(=O)[C@H](C)NC(=O)[C@@H](C)N)C(N)=O. The van der Waals surface area contributed by atoms with Crippen molar-refractivity contribution in [2.75, 3.05) is 19.6 Å². The van der Waals surface area contributed by atoms with Gasteiger partial charge in [0.15, 0.2) is 0 Å². The number of likely N-dealkylation sites (tertiary alicyclic amines) is 2. The summed E-state index contributed by atoms with van der Waals surface area (Å²) in [7, 11) is 0. The van der Waals surface area contributed by atoms with Crippen LogP contribution < -0.4 is 43.4 Å². The van der Waals surface area contributed by atoms with E-state index in [1.807, 2.05) is 0 Å². The quantitative estimate of drug-likeness (QED) is 0.0812. The molecule has 9 amide bonds. The second-order valence-corrected chi connectivity index (χ2v) is 12.5. The van der Waals surface area contributed by atoms with Gasteiger partial charge in [-0.3, -0.25) is 43.2 Å². The molecule has 0 aliphatic carbocycles. The normalized spacial score (nSPS) is 20.8. The monoisotopic (exact) mass is 694 g/mol. The minimum absolute atomic E-state index is 0.246. The molecule has 0 bridgehead atoms. The fourth-order valence-corrected chi connectivity index (χ4v) is 5.34. The molecule has 2 saturated heterocycles. The lowest BCUT2D eigenvalue weighted by molar-refractivity contribution is -0.142. The van der Waals surface area contributed by atoms with Crippen LogP contribution in [0.15, 0.2) is 0 Å². The van der Waals surface area contributed by atoms with Gasteiger partial charge in [-0.05, 0) is 67.2 Å². The molecule has 0 aromatic rings. The Morgan fingerprint density at radius 3 is 1.49 bits per heavy atom. The van der Waals surface area contributed by atoms with Crippen LogP contribution in [-0.2, 0) is 43.2 Å². The highest BCUT2D eigenvalue weighted by atomic mass is 16.2. The van der Waals surface area contributed by atoms with Crippen LogP contribution in [0.25, 0.3) is 0 Å². The summed E-state index contributed by atoms with van der Waals surface area (Å²) in [5, 5.41) is 14.9. The molecule has 0 radical (unpaired) electrons. The number of nitrogens with two attached hydrogens (primary N) is 2. The van der Waals surface area contributed by atoms with Crippen LogP contribution >= 0.6 is 0 Å². The van der Waals surface area contributed by atoms with E-state index in [9.17, 15) is 43.2 Å². The molecule has 19 nitrogen and oxygen atoms in total. The number of hydrogen-bond acceptors (Lipinski definition) is 10. The number of primary amides is 1. The van der Waals surface area contributed by atoms with Gasteiger partial charge in [-0.25, -0.2) is 0 Å². The molecular formula is C30H50N10O9. The highest BCUT2D eigenvalue weighted by molar-refractivity contribution is 5.97. The van der Waals surface area contributed by atoms with E-state index in [0.29, 0.717) is 32.2 Å². The number of amides is 9. The van der Waals surface area contributed by atoms with Crippen LogP contribution in [0.1, 0.15) is 67.2 Å². The van der Waals surface area contributed by atoms with Crippen molar-refractivity contribution in [2.24, 2.45) is 11.5 Å². The van der Waals surface area contributed by atoms with E-state index in [-0.39, 0.29) is 6.54 Å². The first-order chi connectivity index (χ1) is 22.8. The van der Waals surface area contributed by atoms with Crippen LogP contribution in [0.4, 0.5) is 0 Å². The first-order valence-electron chi connectivity index (χ1n) is 16.3. The van der Waals surface area contributed by atoms with E-state index in [2.05, 4.69) is 31.9 Å². The molecule has 8 atom stereocenters. The first kappa shape index (κ1) is 40.4. The van der Waals surface area contributed by atoms with Gasteiger partial charge in [0.25, 0.3) is 0 Å². The van der Waals surface area contributed by atoms with Crippen molar-refractivity contribution < 1.29 is 43.2 Å². The Morgan fingerprint density at radius 2 is 1.02 bits per heavy atom. The van der Waals surface area contributed by atoms with E-state index in [0.717, 1.165) is 0 Å². The fourth-order valence-electron chi connectivity index (χ4n) is 5.34. The second kappa shape index (κ2) is 18.1. The van der Waals surface area contributed by atoms with Crippen molar-refractivity contribution in [3.05, 3.63) is 0 Å². The molecule has 0 spiro atoms. The summed E-state index contributed by atoms with van der Waals surface area (Å²) in [6, 6.07) is -7.65. The van der Waals surface area contributed by atoms with Crippen molar-refractivity contribution in [1.29, 1.82) is 0 Å². The Labute approximate surface area is 284 Å². The summed E-state index contributed by atoms with van der Waals surface area (Å²) >= 11 is 0. The average molecular weight is 695 g/mol. The topological polar surface area (TPSA) is 284 Å². The Hall–Kier alpha value is -4.81. The van der Waals surface area contributed by atoms with Gasteiger partial charge in [-0.2, -0.15) is 0 Å². The van der Waals surface area contributed by atoms with Crippen LogP contribution in [0.2, 0.25) is 0 Å². The molecule has 2 heterocycles. The second-order valence-electron chi connectivity index (χ2n) is 12.5. The maximum atomic E-state index is 13.2. The van der Waals surface area contributed by atoms with Crippen molar-refractivity contribution in [2.45, 2.75) is 116 Å². The third-order valence-corrected chi connectivity index (χ3v) is 8.28. The predicted molar refractivity (Wildman–Crippen MR) is 173 cm³/mol. The lowest BCUT2D eigenvalue weighted by Gasteiger charge is -2.29. The Kier molecular flexibility index (Phi) is 14.9. The molecule has 0 aromatic heterocycles. The van der Waals surface area contributed by atoms with Crippen molar-refractivity contribution in [3.8, 4) is 0 Å². The van der Waals surface area contributed by atoms with Crippen LogP contribution in [0, 0.1) is 0 Å². The molecule has 10 N–H and O–H groups in total. The van der Waals surface area contributed by atoms with Gasteiger partial charge in [0, 0.05) is 13.1 Å². The summed E-state index contributed by atoms with van der Waals surface area (Å²) in [5.74, 6) is -5.40. The van der Waals surface area contributed by atoms with E-state index in [1.54, 1.807) is 0 Å². The lowest BCUT2D eigenvalue weighted by Crippen LogP contribution is -2.58. The molecule has 49 heavy (non-hydrogen) atoms. The zero-order chi connectivity index (χ0) is 37.2. The van der Waals surface area contributed by atoms with Crippen molar-refractivity contribution in [1.82, 2.24) is 41.7 Å². The van der Waals surface area contributed by atoms with E-state index in [1.165, 1.54) is 51.3 Å². The molecule has 274 valence electrons. The molecule has 2 aliphatic heterocycles. The summed E-state index contributed by atoms with van der Waals surface area (Å²) in [6.07, 6.45) is 1.75. The average Bonchev–Trinajstić information content (AvgIpc) is 3.73. The van der Waals surface area contributed by atoms with Crippen molar-refractivity contribution in [3.63, 3.8) is 0 Å². The zero-order valence-corrected chi connectivity index (χ0v) is 28.8. The van der Waals surface area contributed by atoms with Gasteiger partial charge >= 0.3 is 0 Å². The maximum Gasteiger partial charge on any atom is 0.245 e. The highest BCUT2D eigenvalue weighted by Gasteiger charge is 2.39. The Bertz CT molecular complexity index is 1310. The third kappa shape index (κ3) is 11.4. The Balaban J connectivity index is 1.87. The van der Waals surface area contributed by atoms with E-state index in [4.69, 9.17) is 11.5 Å². The van der Waals surface area contributed by atoms with Gasteiger partial charge in [0.1, 0.15) is 42.3 Å². The van der Waals surface area contributed by atoms with Crippen molar-refractivity contribution >= 4 is 53.2 Å². The summed E-state index contributed by atoms with van der Waals surface area (Å²) in [4.78, 5) is 115. The molecule has 2 aliphatic rings. The number of rotatable bonds is 15. The molecule has 2 rings (SSSR count). The summed E-state index contributed by atoms with van der Waals surface area (Å²) in [5.41, 5.74) is 10.7. The maximum absolute atomic E-state index is 13.2. The third-order valence-electron chi connectivity index (χ3n) is 8.28. The molecule has 2 fully saturated rings. The standard InChI is InChI=1S/C30H50N10O9/c1-14(31)24(43)37-18(5)29(48)40-12-8-10-21(40)28(47)36-17(4)25(44)35-16(3)26(45)38-19(6)30(49)39-11-7-9-20(39)27(46)33-13-22(41)34-15(2)23(32)42/h14-21H,7-13,31H2,1-6H3,(H2,32,42)(H,33,46)(H,34,41)(H,35,44)(H,36,47)(H,37,43)(H,38,45)/t14-,15+,16+,17+,18+,19+,20+,21+/m1/s1. The molecule has 0 aromatic carbocycles. The predicted octanol–water partition coefficient (Wildman–Crippen LogP) is -4.56. The van der Waals surface area contributed by atoms with Gasteiger partial charge in [-0.1, -0.05) is 0 Å². The number of nitrogens with one attached hydrogen (secondary N) is 6. The lowest BCUT2D eigenvalue weighted by atomic mass is 10.1. The number of carbonyl (C=O) groups is 9. The Morgan fingerprint density at radius 1 is 0.592 bits per heavy atom. The van der Waals surface area contributed by atoms with Gasteiger partial charge in [-0.15, -0.1) is 0 Å². The molecule has 19 heteroatoms. The highest BCUT2D eigenvalue weighted by Crippen LogP contribution is 2.20. The number of nitrogens with zero attached hydrogens (tertiary/aromatic N) is 2. The first-order valence-corrected chi connectivity index (χ1v) is 16.3. The smallest absolute Gasteiger partial charge is 0.245 e. The summed E-state index contributed by atoms with van der Waals surface area (Å²) in [6.45, 7) is 8.72. The van der Waals surface area contributed by atoms with Gasteiger partial charge < -0.3 is 53.2 Å². The molecular weight excluding hydrogens is 644 g/mol. The largest absolute Gasteiger partial charge is 0.368 e. The van der Waals surface area contributed by atoms with E-state index >= 15 is 0 Å². The van der Waals surface area contributed by atoms with Gasteiger partial charge in [0.2, 0.25) is 53.2 Å². The number of hydrogen-bond donors (Lipinski definition) is 8. The van der Waals surface area contributed by atoms with Gasteiger partial charge in [0.05, 0.1) is 12.6 Å². The van der Waals surface area contributed by atoms with Crippen LogP contribution in [-0.4, -0.2) is 131 Å². The molecule has 0 unspecified atom stereocenters.